The van der Waals surface area contributed by atoms with Crippen molar-refractivity contribution in [2.75, 3.05) is 6.54 Å². The number of nitrogens with zero attached hydrogens (tertiary/aromatic N) is 1. The molecular formula is C15H22N2O2S2. The Balaban J connectivity index is 2.21. The van der Waals surface area contributed by atoms with Crippen LogP contribution in [0.3, 0.4) is 0 Å². The molecule has 2 unspecified atom stereocenters. The van der Waals surface area contributed by atoms with Gasteiger partial charge < -0.3 is 5.73 Å². The summed E-state index contributed by atoms with van der Waals surface area (Å²) in [6.45, 7) is 4.75. The Kier molecular flexibility index (Phi) is 5.01. The van der Waals surface area contributed by atoms with Crippen molar-refractivity contribution >= 4 is 27.2 Å². The van der Waals surface area contributed by atoms with Gasteiger partial charge in [-0.25, -0.2) is 8.42 Å². The average Bonchev–Trinajstić information content (AvgIpc) is 2.38. The molecule has 2 rings (SSSR count). The Hall–Kier alpha value is -0.980. The van der Waals surface area contributed by atoms with Gasteiger partial charge in [-0.2, -0.15) is 4.31 Å². The Bertz CT molecular complexity index is 611. The summed E-state index contributed by atoms with van der Waals surface area (Å²) in [6.07, 6.45) is 2.33. The summed E-state index contributed by atoms with van der Waals surface area (Å²) in [4.78, 5) is 0.750. The van der Waals surface area contributed by atoms with Crippen LogP contribution in [0.25, 0.3) is 0 Å². The van der Waals surface area contributed by atoms with Gasteiger partial charge in [0, 0.05) is 19.0 Å². The molecule has 2 atom stereocenters. The third-order valence-electron chi connectivity index (χ3n) is 3.99. The van der Waals surface area contributed by atoms with Gasteiger partial charge in [-0.3, -0.25) is 0 Å². The maximum absolute atomic E-state index is 12.7. The van der Waals surface area contributed by atoms with E-state index in [1.165, 1.54) is 0 Å². The van der Waals surface area contributed by atoms with Crippen molar-refractivity contribution in [2.45, 2.75) is 44.0 Å². The zero-order valence-electron chi connectivity index (χ0n) is 12.5. The third-order valence-corrected chi connectivity index (χ3v) is 6.16. The maximum Gasteiger partial charge on any atom is 0.243 e. The third kappa shape index (κ3) is 3.81. The standard InChI is InChI=1S/C15H22N2O2S2/c1-11-7-8-17(12(2)9-11)21(18,19)14-5-3-13(4-6-14)10-15(16)20/h3-6,11-12H,7-10H2,1-2H3,(H2,16,20). The van der Waals surface area contributed by atoms with Gasteiger partial charge in [-0.1, -0.05) is 31.3 Å². The normalized spacial score (nSPS) is 23.9. The van der Waals surface area contributed by atoms with Crippen LogP contribution < -0.4 is 5.73 Å². The first-order valence-electron chi connectivity index (χ1n) is 7.20. The van der Waals surface area contributed by atoms with Crippen LogP contribution in [-0.4, -0.2) is 30.3 Å². The highest BCUT2D eigenvalue weighted by atomic mass is 32.2. The number of nitrogens with two attached hydrogens (primary N) is 1. The SMILES string of the molecule is CC1CCN(S(=O)(=O)c2ccc(CC(N)=S)cc2)C(C)C1. The van der Waals surface area contributed by atoms with Crippen LogP contribution >= 0.6 is 12.2 Å². The zero-order chi connectivity index (χ0) is 15.6. The lowest BCUT2D eigenvalue weighted by Gasteiger charge is -2.35. The molecule has 0 aliphatic carbocycles. The van der Waals surface area contributed by atoms with E-state index < -0.39 is 10.0 Å². The van der Waals surface area contributed by atoms with Gasteiger partial charge in [0.15, 0.2) is 0 Å². The van der Waals surface area contributed by atoms with Crippen LogP contribution in [0.4, 0.5) is 0 Å². The van der Waals surface area contributed by atoms with E-state index in [0.29, 0.717) is 28.8 Å². The molecule has 0 aromatic heterocycles. The van der Waals surface area contributed by atoms with Gasteiger partial charge >= 0.3 is 0 Å². The molecule has 0 amide bonds. The second-order valence-corrected chi connectivity index (χ2v) is 8.30. The van der Waals surface area contributed by atoms with Gasteiger partial charge in [-0.15, -0.1) is 0 Å². The van der Waals surface area contributed by atoms with Crippen molar-refractivity contribution in [3.05, 3.63) is 29.8 Å². The number of thiocarbonyl (C=S) groups is 1. The molecule has 21 heavy (non-hydrogen) atoms. The fourth-order valence-electron chi connectivity index (χ4n) is 2.86. The lowest BCUT2D eigenvalue weighted by Crippen LogP contribution is -2.44. The molecular weight excluding hydrogens is 304 g/mol. The predicted octanol–water partition coefficient (Wildman–Crippen LogP) is 2.32. The summed E-state index contributed by atoms with van der Waals surface area (Å²) in [5, 5.41) is 0. The van der Waals surface area contributed by atoms with E-state index in [0.717, 1.165) is 18.4 Å². The minimum absolute atomic E-state index is 0.0510. The van der Waals surface area contributed by atoms with Crippen LogP contribution in [0.1, 0.15) is 32.3 Å². The second-order valence-electron chi connectivity index (χ2n) is 5.88. The quantitative estimate of drug-likeness (QED) is 0.863. The predicted molar refractivity (Wildman–Crippen MR) is 88.7 cm³/mol. The van der Waals surface area contributed by atoms with Crippen molar-refractivity contribution in [3.63, 3.8) is 0 Å². The number of sulfonamides is 1. The highest BCUT2D eigenvalue weighted by Gasteiger charge is 2.33. The summed E-state index contributed by atoms with van der Waals surface area (Å²) in [6, 6.07) is 6.91. The number of piperidine rings is 1. The van der Waals surface area contributed by atoms with Crippen molar-refractivity contribution in [1.29, 1.82) is 0 Å². The summed E-state index contributed by atoms with van der Waals surface area (Å²) in [5.41, 5.74) is 6.43. The van der Waals surface area contributed by atoms with Gasteiger partial charge in [0.2, 0.25) is 10.0 Å². The Morgan fingerprint density at radius 3 is 2.48 bits per heavy atom. The van der Waals surface area contributed by atoms with E-state index in [4.69, 9.17) is 18.0 Å². The fourth-order valence-corrected chi connectivity index (χ4v) is 4.68. The van der Waals surface area contributed by atoms with E-state index in [1.807, 2.05) is 6.92 Å². The molecule has 1 fully saturated rings. The molecule has 0 bridgehead atoms. The summed E-state index contributed by atoms with van der Waals surface area (Å²) >= 11 is 4.86. The number of rotatable bonds is 4. The lowest BCUT2D eigenvalue weighted by atomic mass is 9.95. The molecule has 0 spiro atoms. The molecule has 1 aromatic rings. The monoisotopic (exact) mass is 326 g/mol. The molecule has 1 aliphatic heterocycles. The first-order chi connectivity index (χ1) is 9.80. The highest BCUT2D eigenvalue weighted by molar-refractivity contribution is 7.89. The van der Waals surface area contributed by atoms with Gasteiger partial charge in [0.1, 0.15) is 0 Å². The van der Waals surface area contributed by atoms with Gasteiger partial charge in [0.25, 0.3) is 0 Å². The minimum Gasteiger partial charge on any atom is -0.393 e. The Labute approximate surface area is 132 Å². The van der Waals surface area contributed by atoms with Crippen molar-refractivity contribution in [1.82, 2.24) is 4.31 Å². The topological polar surface area (TPSA) is 63.4 Å². The largest absolute Gasteiger partial charge is 0.393 e. The first-order valence-corrected chi connectivity index (χ1v) is 9.04. The van der Waals surface area contributed by atoms with E-state index in [1.54, 1.807) is 28.6 Å². The molecule has 1 saturated heterocycles. The Morgan fingerprint density at radius 2 is 1.95 bits per heavy atom. The lowest BCUT2D eigenvalue weighted by molar-refractivity contribution is 0.220. The molecule has 0 saturated carbocycles. The van der Waals surface area contributed by atoms with Crippen LogP contribution in [0.15, 0.2) is 29.2 Å². The molecule has 2 N–H and O–H groups in total. The second kappa shape index (κ2) is 6.42. The zero-order valence-corrected chi connectivity index (χ0v) is 14.1. The van der Waals surface area contributed by atoms with E-state index >= 15 is 0 Å². The molecule has 4 nitrogen and oxygen atoms in total. The maximum atomic E-state index is 12.7. The smallest absolute Gasteiger partial charge is 0.243 e. The number of hydrogen-bond donors (Lipinski definition) is 1. The van der Waals surface area contributed by atoms with Gasteiger partial charge in [-0.05, 0) is 43.4 Å². The molecule has 6 heteroatoms. The number of hydrogen-bond acceptors (Lipinski definition) is 3. The molecule has 1 heterocycles. The van der Waals surface area contributed by atoms with E-state index in [2.05, 4.69) is 6.92 Å². The molecule has 1 aliphatic rings. The van der Waals surface area contributed by atoms with E-state index in [-0.39, 0.29) is 6.04 Å². The molecule has 0 radical (unpaired) electrons. The highest BCUT2D eigenvalue weighted by Crippen LogP contribution is 2.28. The van der Waals surface area contributed by atoms with Crippen molar-refractivity contribution in [2.24, 2.45) is 11.7 Å². The molecule has 116 valence electrons. The molecule has 1 aromatic carbocycles. The van der Waals surface area contributed by atoms with Crippen LogP contribution in [0.5, 0.6) is 0 Å². The first kappa shape index (κ1) is 16.4. The number of benzene rings is 1. The van der Waals surface area contributed by atoms with Gasteiger partial charge in [0.05, 0.1) is 9.88 Å². The van der Waals surface area contributed by atoms with Crippen molar-refractivity contribution in [3.8, 4) is 0 Å². The summed E-state index contributed by atoms with van der Waals surface area (Å²) < 4.78 is 27.0. The van der Waals surface area contributed by atoms with E-state index in [9.17, 15) is 8.42 Å². The summed E-state index contributed by atoms with van der Waals surface area (Å²) in [7, 11) is -3.41. The summed E-state index contributed by atoms with van der Waals surface area (Å²) in [5.74, 6) is 0.583. The van der Waals surface area contributed by atoms with Crippen LogP contribution in [-0.2, 0) is 16.4 Å². The Morgan fingerprint density at radius 1 is 1.33 bits per heavy atom. The minimum atomic E-state index is -3.41. The van der Waals surface area contributed by atoms with Crippen molar-refractivity contribution < 1.29 is 8.42 Å². The van der Waals surface area contributed by atoms with Crippen LogP contribution in [0.2, 0.25) is 0 Å². The van der Waals surface area contributed by atoms with Crippen LogP contribution in [0, 0.1) is 5.92 Å². The average molecular weight is 326 g/mol. The fraction of sp³-hybridized carbons (Fsp3) is 0.533.